The standard InChI is InChI=1S/C27H27F2NO4S/c28-23-11-9-20(10-12-23)18-30(27(31)22-6-2-1-3-7-22)19-21-5-4-8-25(17-21)34-35(32,33)26-15-13-24(29)14-16-26/h4-5,8-17,22H,1-3,6-7,18-19H2. The van der Waals surface area contributed by atoms with E-state index in [1.807, 2.05) is 0 Å². The molecule has 0 heterocycles. The maximum Gasteiger partial charge on any atom is 0.339 e. The molecular formula is C27H27F2NO4S. The summed E-state index contributed by atoms with van der Waals surface area (Å²) in [6.45, 7) is 0.565. The van der Waals surface area contributed by atoms with Crippen LogP contribution >= 0.6 is 0 Å². The molecule has 0 aromatic heterocycles. The lowest BCUT2D eigenvalue weighted by Crippen LogP contribution is -2.36. The first-order chi connectivity index (χ1) is 16.8. The third-order valence-electron chi connectivity index (χ3n) is 6.13. The van der Waals surface area contributed by atoms with Gasteiger partial charge in [0.1, 0.15) is 22.3 Å². The van der Waals surface area contributed by atoms with Gasteiger partial charge in [0.2, 0.25) is 5.91 Å². The molecule has 0 bridgehead atoms. The first-order valence-corrected chi connectivity index (χ1v) is 13.0. The molecule has 0 saturated heterocycles. The number of carbonyl (C=O) groups excluding carboxylic acids is 1. The van der Waals surface area contributed by atoms with E-state index in [1.165, 1.54) is 18.2 Å². The molecule has 1 aliphatic carbocycles. The number of benzene rings is 3. The van der Waals surface area contributed by atoms with Gasteiger partial charge >= 0.3 is 10.1 Å². The van der Waals surface area contributed by atoms with Gasteiger partial charge in [-0.15, -0.1) is 0 Å². The number of carbonyl (C=O) groups is 1. The second-order valence-corrected chi connectivity index (χ2v) is 10.3. The highest BCUT2D eigenvalue weighted by molar-refractivity contribution is 7.87. The lowest BCUT2D eigenvalue weighted by Gasteiger charge is -2.29. The predicted octanol–water partition coefficient (Wildman–Crippen LogP) is 5.84. The summed E-state index contributed by atoms with van der Waals surface area (Å²) in [7, 11) is -4.14. The van der Waals surface area contributed by atoms with Gasteiger partial charge in [-0.2, -0.15) is 8.42 Å². The first kappa shape index (κ1) is 24.9. The van der Waals surface area contributed by atoms with Crippen molar-refractivity contribution >= 4 is 16.0 Å². The zero-order valence-corrected chi connectivity index (χ0v) is 20.0. The van der Waals surface area contributed by atoms with E-state index < -0.39 is 15.9 Å². The van der Waals surface area contributed by atoms with Crippen LogP contribution in [0, 0.1) is 17.6 Å². The molecule has 1 saturated carbocycles. The normalized spacial score (nSPS) is 14.5. The Morgan fingerprint density at radius 1 is 0.829 bits per heavy atom. The summed E-state index contributed by atoms with van der Waals surface area (Å²) < 4.78 is 57.0. The Kier molecular flexibility index (Phi) is 7.80. The van der Waals surface area contributed by atoms with Crippen LogP contribution in [0.5, 0.6) is 5.75 Å². The third kappa shape index (κ3) is 6.66. The van der Waals surface area contributed by atoms with Crippen molar-refractivity contribution in [1.29, 1.82) is 0 Å². The lowest BCUT2D eigenvalue weighted by atomic mass is 9.88. The quantitative estimate of drug-likeness (QED) is 0.365. The second kappa shape index (κ2) is 11.0. The number of halogens is 2. The van der Waals surface area contributed by atoms with Crippen LogP contribution in [0.25, 0.3) is 0 Å². The molecule has 184 valence electrons. The fraction of sp³-hybridized carbons (Fsp3) is 0.296. The summed E-state index contributed by atoms with van der Waals surface area (Å²) in [5.74, 6) is -0.804. The van der Waals surface area contributed by atoms with Gasteiger partial charge in [0.05, 0.1) is 0 Å². The second-order valence-electron chi connectivity index (χ2n) is 8.79. The molecule has 35 heavy (non-hydrogen) atoms. The first-order valence-electron chi connectivity index (χ1n) is 11.6. The van der Waals surface area contributed by atoms with Crippen molar-refractivity contribution in [3.8, 4) is 5.75 Å². The van der Waals surface area contributed by atoms with Crippen LogP contribution in [0.4, 0.5) is 8.78 Å². The molecule has 1 aliphatic rings. The van der Waals surface area contributed by atoms with Crippen LogP contribution in [-0.2, 0) is 28.0 Å². The fourth-order valence-corrected chi connectivity index (χ4v) is 5.24. The van der Waals surface area contributed by atoms with Gasteiger partial charge in [-0.05, 0) is 72.5 Å². The predicted molar refractivity (Wildman–Crippen MR) is 128 cm³/mol. The van der Waals surface area contributed by atoms with E-state index in [0.717, 1.165) is 61.9 Å². The van der Waals surface area contributed by atoms with Gasteiger partial charge in [0.25, 0.3) is 0 Å². The Hall–Kier alpha value is -3.26. The van der Waals surface area contributed by atoms with E-state index >= 15 is 0 Å². The summed E-state index contributed by atoms with van der Waals surface area (Å²) in [4.78, 5) is 15.0. The minimum absolute atomic E-state index is 0.0410. The maximum absolute atomic E-state index is 13.4. The maximum atomic E-state index is 13.4. The summed E-state index contributed by atoms with van der Waals surface area (Å²) >= 11 is 0. The van der Waals surface area contributed by atoms with E-state index in [0.29, 0.717) is 12.1 Å². The van der Waals surface area contributed by atoms with Gasteiger partial charge in [-0.25, -0.2) is 8.78 Å². The van der Waals surface area contributed by atoms with Crippen molar-refractivity contribution in [3.63, 3.8) is 0 Å². The molecular weight excluding hydrogens is 472 g/mol. The fourth-order valence-electron chi connectivity index (χ4n) is 4.32. The van der Waals surface area contributed by atoms with E-state index in [2.05, 4.69) is 0 Å². The highest BCUT2D eigenvalue weighted by Crippen LogP contribution is 2.28. The Labute approximate surface area is 204 Å². The van der Waals surface area contributed by atoms with E-state index in [9.17, 15) is 22.0 Å². The molecule has 4 rings (SSSR count). The minimum Gasteiger partial charge on any atom is -0.379 e. The molecule has 0 radical (unpaired) electrons. The average Bonchev–Trinajstić information content (AvgIpc) is 2.85. The number of nitrogens with zero attached hydrogens (tertiary/aromatic N) is 1. The largest absolute Gasteiger partial charge is 0.379 e. The van der Waals surface area contributed by atoms with Crippen molar-refractivity contribution < 1.29 is 26.2 Å². The summed E-state index contributed by atoms with van der Waals surface area (Å²) in [6.07, 6.45) is 4.86. The van der Waals surface area contributed by atoms with E-state index in [-0.39, 0.29) is 34.8 Å². The number of rotatable bonds is 8. The zero-order chi connectivity index (χ0) is 24.8. The summed E-state index contributed by atoms with van der Waals surface area (Å²) in [5.41, 5.74) is 1.50. The van der Waals surface area contributed by atoms with E-state index in [1.54, 1.807) is 35.2 Å². The van der Waals surface area contributed by atoms with Gasteiger partial charge in [0, 0.05) is 19.0 Å². The topological polar surface area (TPSA) is 63.7 Å². The lowest BCUT2D eigenvalue weighted by molar-refractivity contribution is -0.137. The molecule has 3 aromatic carbocycles. The van der Waals surface area contributed by atoms with Crippen LogP contribution in [0.3, 0.4) is 0 Å². The van der Waals surface area contributed by atoms with Crippen LogP contribution in [0.1, 0.15) is 43.2 Å². The van der Waals surface area contributed by atoms with Crippen molar-refractivity contribution in [2.45, 2.75) is 50.1 Å². The molecule has 0 aliphatic heterocycles. The Bertz CT molecular complexity index is 1260. The average molecular weight is 500 g/mol. The van der Waals surface area contributed by atoms with Crippen LogP contribution in [0.2, 0.25) is 0 Å². The van der Waals surface area contributed by atoms with Crippen molar-refractivity contribution in [3.05, 3.63) is 95.6 Å². The molecule has 0 atom stereocenters. The van der Waals surface area contributed by atoms with Gasteiger partial charge < -0.3 is 9.08 Å². The summed E-state index contributed by atoms with van der Waals surface area (Å²) in [6, 6.07) is 17.0. The number of hydrogen-bond acceptors (Lipinski definition) is 4. The zero-order valence-electron chi connectivity index (χ0n) is 19.2. The smallest absolute Gasteiger partial charge is 0.339 e. The van der Waals surface area contributed by atoms with Crippen LogP contribution < -0.4 is 4.18 Å². The highest BCUT2D eigenvalue weighted by atomic mass is 32.2. The number of amides is 1. The SMILES string of the molecule is O=C(C1CCCCC1)N(Cc1ccc(F)cc1)Cc1cccc(OS(=O)(=O)c2ccc(F)cc2)c1. The van der Waals surface area contributed by atoms with Crippen molar-refractivity contribution in [2.75, 3.05) is 0 Å². The number of hydrogen-bond donors (Lipinski definition) is 0. The Morgan fingerprint density at radius 2 is 1.43 bits per heavy atom. The van der Waals surface area contributed by atoms with Gasteiger partial charge in [0.15, 0.2) is 0 Å². The van der Waals surface area contributed by atoms with Crippen molar-refractivity contribution in [2.24, 2.45) is 5.92 Å². The van der Waals surface area contributed by atoms with Gasteiger partial charge in [-0.1, -0.05) is 43.5 Å². The van der Waals surface area contributed by atoms with Crippen LogP contribution in [0.15, 0.2) is 77.7 Å². The van der Waals surface area contributed by atoms with Crippen molar-refractivity contribution in [1.82, 2.24) is 4.90 Å². The third-order valence-corrected chi connectivity index (χ3v) is 7.39. The Morgan fingerprint density at radius 3 is 2.09 bits per heavy atom. The molecule has 3 aromatic rings. The van der Waals surface area contributed by atoms with Gasteiger partial charge in [-0.3, -0.25) is 4.79 Å². The highest BCUT2D eigenvalue weighted by Gasteiger charge is 2.26. The molecule has 1 amide bonds. The van der Waals surface area contributed by atoms with Crippen LogP contribution in [-0.4, -0.2) is 19.2 Å². The van der Waals surface area contributed by atoms with E-state index in [4.69, 9.17) is 4.18 Å². The molecule has 1 fully saturated rings. The molecule has 8 heteroatoms. The summed E-state index contributed by atoms with van der Waals surface area (Å²) in [5, 5.41) is 0. The monoisotopic (exact) mass is 499 g/mol. The molecule has 0 N–H and O–H groups in total. The Balaban J connectivity index is 1.54. The molecule has 0 unspecified atom stereocenters. The minimum atomic E-state index is -4.14. The molecule has 0 spiro atoms. The molecule has 5 nitrogen and oxygen atoms in total.